The zero-order chi connectivity index (χ0) is 33.5. The van der Waals surface area contributed by atoms with Crippen molar-refractivity contribution in [1.82, 2.24) is 0 Å². The van der Waals surface area contributed by atoms with E-state index in [1.165, 1.54) is 72.6 Å². The predicted molar refractivity (Wildman–Crippen MR) is 197 cm³/mol. The van der Waals surface area contributed by atoms with Crippen molar-refractivity contribution in [2.45, 2.75) is 63.7 Å². The van der Waals surface area contributed by atoms with Gasteiger partial charge in [0.1, 0.15) is 0 Å². The summed E-state index contributed by atoms with van der Waals surface area (Å²) in [5, 5.41) is 5.13. The van der Waals surface area contributed by atoms with Crippen molar-refractivity contribution in [3.8, 4) is 22.3 Å². The number of esters is 2. The Labute approximate surface area is 284 Å². The van der Waals surface area contributed by atoms with Gasteiger partial charge in [-0.25, -0.2) is 9.59 Å². The van der Waals surface area contributed by atoms with Gasteiger partial charge in [0, 0.05) is 17.6 Å². The summed E-state index contributed by atoms with van der Waals surface area (Å²) in [6.45, 7) is 10.1. The van der Waals surface area contributed by atoms with Crippen molar-refractivity contribution < 1.29 is 19.1 Å². The zero-order valence-corrected chi connectivity index (χ0v) is 27.9. The van der Waals surface area contributed by atoms with E-state index in [0.717, 1.165) is 51.4 Å². The van der Waals surface area contributed by atoms with E-state index in [1.807, 2.05) is 0 Å². The van der Waals surface area contributed by atoms with Crippen LogP contribution in [0.5, 0.6) is 0 Å². The van der Waals surface area contributed by atoms with Gasteiger partial charge in [-0.15, -0.1) is 0 Å². The average Bonchev–Trinajstić information content (AvgIpc) is 3.40. The lowest BCUT2D eigenvalue weighted by molar-refractivity contribution is -0.138. The van der Waals surface area contributed by atoms with E-state index in [4.69, 9.17) is 9.47 Å². The molecule has 0 N–H and O–H groups in total. The van der Waals surface area contributed by atoms with Crippen LogP contribution in [0.25, 0.3) is 43.8 Å². The smallest absolute Gasteiger partial charge is 0.330 e. The van der Waals surface area contributed by atoms with Crippen LogP contribution in [0.1, 0.15) is 68.1 Å². The van der Waals surface area contributed by atoms with Crippen molar-refractivity contribution in [1.29, 1.82) is 0 Å². The van der Waals surface area contributed by atoms with Gasteiger partial charge in [-0.1, -0.05) is 124 Å². The minimum Gasteiger partial charge on any atom is -0.463 e. The second kappa shape index (κ2) is 14.9. The molecule has 0 fully saturated rings. The molecular formula is C44H44O4. The highest BCUT2D eigenvalue weighted by atomic mass is 16.5. The molecule has 1 aliphatic rings. The summed E-state index contributed by atoms with van der Waals surface area (Å²) in [4.78, 5) is 23.2. The highest BCUT2D eigenvalue weighted by molar-refractivity contribution is 6.15. The molecule has 244 valence electrons. The molecule has 0 radical (unpaired) electrons. The molecule has 5 aromatic carbocycles. The summed E-state index contributed by atoms with van der Waals surface area (Å²) in [7, 11) is 0. The third-order valence-electron chi connectivity index (χ3n) is 10.1. The van der Waals surface area contributed by atoms with Crippen molar-refractivity contribution in [2.75, 3.05) is 13.2 Å². The molecule has 1 aliphatic carbocycles. The Hall–Kier alpha value is -4.96. The number of carbonyl (C=O) groups is 2. The minimum absolute atomic E-state index is 0.159. The first-order valence-corrected chi connectivity index (χ1v) is 17.2. The van der Waals surface area contributed by atoms with Gasteiger partial charge in [-0.2, -0.15) is 0 Å². The van der Waals surface area contributed by atoms with Crippen LogP contribution in [-0.2, 0) is 24.5 Å². The molecule has 0 unspecified atom stereocenters. The standard InChI is InChI=1S/C44H44O4/c1-4-41(45)47-28-16-6-14-26-44(27-15-7-17-29-48-42(46)5-2)39-23-13-12-20-35(39)36-25-24-32(30-40(36)44)43-37-21-10-8-18-33(37)31(3)34-19-9-11-22-38(34)43/h4-5,8-13,18-25,30H,1-2,6-7,14-17,26-29H2,3H3. The number of ether oxygens (including phenoxy) is 2. The molecular weight excluding hydrogens is 592 g/mol. The van der Waals surface area contributed by atoms with Crippen molar-refractivity contribution in [3.63, 3.8) is 0 Å². The Balaban J connectivity index is 1.40. The van der Waals surface area contributed by atoms with Crippen LogP contribution >= 0.6 is 0 Å². The van der Waals surface area contributed by atoms with E-state index in [1.54, 1.807) is 0 Å². The number of rotatable bonds is 15. The first-order chi connectivity index (χ1) is 23.5. The number of fused-ring (bicyclic) bond motifs is 5. The summed E-state index contributed by atoms with van der Waals surface area (Å²) < 4.78 is 10.5. The van der Waals surface area contributed by atoms with Gasteiger partial charge in [0.2, 0.25) is 0 Å². The average molecular weight is 637 g/mol. The topological polar surface area (TPSA) is 52.6 Å². The van der Waals surface area contributed by atoms with Crippen LogP contribution in [0.4, 0.5) is 0 Å². The molecule has 0 heterocycles. The van der Waals surface area contributed by atoms with Crippen LogP contribution in [-0.4, -0.2) is 25.2 Å². The van der Waals surface area contributed by atoms with Gasteiger partial charge in [0.15, 0.2) is 0 Å². The molecule has 0 amide bonds. The molecule has 4 nitrogen and oxygen atoms in total. The first-order valence-electron chi connectivity index (χ1n) is 17.2. The largest absolute Gasteiger partial charge is 0.463 e. The number of hydrogen-bond donors (Lipinski definition) is 0. The number of aryl methyl sites for hydroxylation is 1. The van der Waals surface area contributed by atoms with Crippen LogP contribution in [0.15, 0.2) is 116 Å². The molecule has 4 heteroatoms. The van der Waals surface area contributed by atoms with Crippen LogP contribution in [0.2, 0.25) is 0 Å². The maximum Gasteiger partial charge on any atom is 0.330 e. The molecule has 0 spiro atoms. The maximum absolute atomic E-state index is 11.6. The highest BCUT2D eigenvalue weighted by Gasteiger charge is 2.42. The zero-order valence-electron chi connectivity index (χ0n) is 27.9. The monoisotopic (exact) mass is 636 g/mol. The van der Waals surface area contributed by atoms with E-state index in [-0.39, 0.29) is 17.4 Å². The molecule has 48 heavy (non-hydrogen) atoms. The molecule has 6 rings (SSSR count). The predicted octanol–water partition coefficient (Wildman–Crippen LogP) is 10.8. The third kappa shape index (κ3) is 6.44. The summed E-state index contributed by atoms with van der Waals surface area (Å²) in [6, 6.07) is 33.6. The fourth-order valence-corrected chi connectivity index (χ4v) is 7.81. The van der Waals surface area contributed by atoms with E-state index < -0.39 is 0 Å². The molecule has 0 saturated carbocycles. The summed E-state index contributed by atoms with van der Waals surface area (Å²) >= 11 is 0. The fourth-order valence-electron chi connectivity index (χ4n) is 7.81. The van der Waals surface area contributed by atoms with Crippen molar-refractivity contribution in [3.05, 3.63) is 133 Å². The second-order valence-corrected chi connectivity index (χ2v) is 12.8. The SMILES string of the molecule is C=CC(=O)OCCCCCC1(CCCCCOC(=O)C=C)c2ccccc2-c2ccc(-c3c4ccccc4c(C)c4ccccc34)cc21. The Morgan fingerprint density at radius 2 is 1.10 bits per heavy atom. The van der Waals surface area contributed by atoms with Gasteiger partial charge >= 0.3 is 11.9 Å². The molecule has 0 bridgehead atoms. The number of carbonyl (C=O) groups excluding carboxylic acids is 2. The lowest BCUT2D eigenvalue weighted by Crippen LogP contribution is -2.25. The molecule has 0 saturated heterocycles. The Kier molecular flexibility index (Phi) is 10.2. The Morgan fingerprint density at radius 3 is 1.67 bits per heavy atom. The molecule has 0 aromatic heterocycles. The quantitative estimate of drug-likeness (QED) is 0.0497. The Bertz CT molecular complexity index is 1890. The number of benzene rings is 5. The van der Waals surface area contributed by atoms with Gasteiger partial charge in [0.05, 0.1) is 13.2 Å². The normalized spacial score (nSPS) is 12.8. The van der Waals surface area contributed by atoms with Gasteiger partial charge in [-0.05, 0) is 99.2 Å². The van der Waals surface area contributed by atoms with E-state index >= 15 is 0 Å². The van der Waals surface area contributed by atoms with Gasteiger partial charge in [0.25, 0.3) is 0 Å². The number of unbranched alkanes of at least 4 members (excludes halogenated alkanes) is 4. The lowest BCUT2D eigenvalue weighted by atomic mass is 9.70. The lowest BCUT2D eigenvalue weighted by Gasteiger charge is -2.33. The van der Waals surface area contributed by atoms with E-state index in [2.05, 4.69) is 111 Å². The molecule has 0 atom stereocenters. The highest BCUT2D eigenvalue weighted by Crippen LogP contribution is 2.55. The minimum atomic E-state index is -0.368. The molecule has 5 aromatic rings. The summed E-state index contributed by atoms with van der Waals surface area (Å²) in [5.74, 6) is -0.736. The fraction of sp³-hybridized carbons (Fsp3) is 0.273. The summed E-state index contributed by atoms with van der Waals surface area (Å²) in [5.41, 5.74) is 9.10. The van der Waals surface area contributed by atoms with E-state index in [0.29, 0.717) is 13.2 Å². The maximum atomic E-state index is 11.6. The van der Waals surface area contributed by atoms with Crippen LogP contribution in [0, 0.1) is 6.92 Å². The third-order valence-corrected chi connectivity index (χ3v) is 10.1. The molecule has 0 aliphatic heterocycles. The van der Waals surface area contributed by atoms with Crippen LogP contribution < -0.4 is 0 Å². The summed E-state index contributed by atoms with van der Waals surface area (Å²) in [6.07, 6.45) is 10.0. The van der Waals surface area contributed by atoms with Gasteiger partial charge < -0.3 is 9.47 Å². The van der Waals surface area contributed by atoms with Crippen molar-refractivity contribution >= 4 is 33.5 Å². The second-order valence-electron chi connectivity index (χ2n) is 12.8. The van der Waals surface area contributed by atoms with Crippen LogP contribution in [0.3, 0.4) is 0 Å². The Morgan fingerprint density at radius 1 is 0.604 bits per heavy atom. The van der Waals surface area contributed by atoms with Crippen molar-refractivity contribution in [2.24, 2.45) is 0 Å². The van der Waals surface area contributed by atoms with Gasteiger partial charge in [-0.3, -0.25) is 0 Å². The number of hydrogen-bond acceptors (Lipinski definition) is 4. The van der Waals surface area contributed by atoms with E-state index in [9.17, 15) is 9.59 Å². The first kappa shape index (κ1) is 33.0.